The van der Waals surface area contributed by atoms with Crippen LogP contribution < -0.4 is 0 Å². The maximum atomic E-state index is 13.3. The largest absolute Gasteiger partial charge is 0.515 e. The van der Waals surface area contributed by atoms with E-state index in [0.717, 1.165) is 37.5 Å². The summed E-state index contributed by atoms with van der Waals surface area (Å²) in [4.78, 5) is 13.3. The van der Waals surface area contributed by atoms with Crippen LogP contribution in [0.25, 0.3) is 0 Å². The number of carbonyl (C=O) groups excluding carboxylic acids is 1. The molecular formula is C31H48O3. The Morgan fingerprint density at radius 3 is 2.26 bits per heavy atom. The molecule has 9 atom stereocenters. The number of aliphatic hydroxyl groups is 1. The van der Waals surface area contributed by atoms with E-state index >= 15 is 0 Å². The molecule has 6 aliphatic rings. The molecule has 34 heavy (non-hydrogen) atoms. The molecule has 190 valence electrons. The number of aliphatic hydroxyl groups excluding tert-OH is 1. The summed E-state index contributed by atoms with van der Waals surface area (Å²) >= 11 is 0. The van der Waals surface area contributed by atoms with Crippen LogP contribution in [-0.2, 0) is 9.53 Å². The van der Waals surface area contributed by atoms with Gasteiger partial charge in [-0.05, 0) is 109 Å². The summed E-state index contributed by atoms with van der Waals surface area (Å²) in [5.41, 5.74) is 1.68. The van der Waals surface area contributed by atoms with E-state index in [1.807, 2.05) is 0 Å². The predicted octanol–water partition coefficient (Wildman–Crippen LogP) is 7.50. The molecule has 0 aromatic heterocycles. The van der Waals surface area contributed by atoms with E-state index in [4.69, 9.17) is 4.74 Å². The van der Waals surface area contributed by atoms with Gasteiger partial charge in [-0.25, -0.2) is 0 Å². The van der Waals surface area contributed by atoms with Crippen molar-refractivity contribution in [3.05, 3.63) is 11.8 Å². The van der Waals surface area contributed by atoms with Crippen LogP contribution >= 0.6 is 0 Å². The minimum Gasteiger partial charge on any atom is -0.515 e. The molecule has 0 aromatic rings. The van der Waals surface area contributed by atoms with Crippen LogP contribution in [0.2, 0.25) is 0 Å². The Bertz CT molecular complexity index is 946. The van der Waals surface area contributed by atoms with Gasteiger partial charge in [0, 0.05) is 11.0 Å². The number of ether oxygens (including phenoxy) is 1. The first-order valence-electron chi connectivity index (χ1n) is 14.3. The molecule has 6 fully saturated rings. The molecule has 8 unspecified atom stereocenters. The van der Waals surface area contributed by atoms with Crippen molar-refractivity contribution >= 4 is 5.78 Å². The zero-order valence-corrected chi connectivity index (χ0v) is 22.8. The number of carbonyl (C=O) groups is 1. The summed E-state index contributed by atoms with van der Waals surface area (Å²) in [6.45, 7) is 18.0. The van der Waals surface area contributed by atoms with Crippen molar-refractivity contribution in [2.24, 2.45) is 56.2 Å². The van der Waals surface area contributed by atoms with Crippen LogP contribution in [0.1, 0.15) is 106 Å². The van der Waals surface area contributed by atoms with Gasteiger partial charge in [-0.2, -0.15) is 0 Å². The number of hydrogen-bond acceptors (Lipinski definition) is 3. The molecule has 1 saturated heterocycles. The molecule has 1 aliphatic heterocycles. The molecule has 0 aromatic carbocycles. The highest BCUT2D eigenvalue weighted by atomic mass is 16.5. The average Bonchev–Trinajstić information content (AvgIpc) is 3.10. The normalized spacial score (nSPS) is 56.3. The Morgan fingerprint density at radius 2 is 1.56 bits per heavy atom. The van der Waals surface area contributed by atoms with Gasteiger partial charge in [0.15, 0.2) is 5.78 Å². The van der Waals surface area contributed by atoms with E-state index in [0.29, 0.717) is 39.8 Å². The minimum atomic E-state index is -0.391. The minimum absolute atomic E-state index is 0.0728. The first kappa shape index (κ1) is 23.6. The van der Waals surface area contributed by atoms with Crippen LogP contribution in [0.5, 0.6) is 0 Å². The molecule has 1 N–H and O–H groups in total. The van der Waals surface area contributed by atoms with Gasteiger partial charge < -0.3 is 9.84 Å². The summed E-state index contributed by atoms with van der Waals surface area (Å²) in [5, 5.41) is 10.0. The molecule has 6 rings (SSSR count). The van der Waals surface area contributed by atoms with E-state index in [1.165, 1.54) is 44.9 Å². The average molecular weight is 469 g/mol. The van der Waals surface area contributed by atoms with Crippen molar-refractivity contribution in [3.63, 3.8) is 0 Å². The van der Waals surface area contributed by atoms with Crippen molar-refractivity contribution in [3.8, 4) is 0 Å². The molecule has 1 heterocycles. The first-order chi connectivity index (χ1) is 15.8. The fourth-order valence-electron chi connectivity index (χ4n) is 11.9. The number of rotatable bonds is 0. The molecule has 3 heteroatoms. The quantitative estimate of drug-likeness (QED) is 0.296. The Balaban J connectivity index is 1.42. The van der Waals surface area contributed by atoms with Crippen LogP contribution in [0, 0.1) is 56.2 Å². The van der Waals surface area contributed by atoms with Crippen molar-refractivity contribution < 1.29 is 14.6 Å². The van der Waals surface area contributed by atoms with Crippen molar-refractivity contribution in [2.45, 2.75) is 112 Å². The molecular weight excluding hydrogens is 420 g/mol. The first-order valence-corrected chi connectivity index (χ1v) is 14.3. The predicted molar refractivity (Wildman–Crippen MR) is 135 cm³/mol. The van der Waals surface area contributed by atoms with Crippen LogP contribution in [0.15, 0.2) is 11.8 Å². The molecule has 5 saturated carbocycles. The Hall–Kier alpha value is -0.830. The lowest BCUT2D eigenvalue weighted by molar-refractivity contribution is -0.236. The third-order valence-corrected chi connectivity index (χ3v) is 13.9. The third kappa shape index (κ3) is 2.52. The number of ketones is 1. The van der Waals surface area contributed by atoms with Gasteiger partial charge in [0.1, 0.15) is 0 Å². The number of Topliss-reactive ketones (excluding diaryl/α,β-unsaturated/α-hetero) is 1. The zero-order valence-electron chi connectivity index (χ0n) is 22.8. The van der Waals surface area contributed by atoms with Gasteiger partial charge in [0.25, 0.3) is 0 Å². The van der Waals surface area contributed by atoms with E-state index < -0.39 is 5.41 Å². The maximum absolute atomic E-state index is 13.3. The van der Waals surface area contributed by atoms with Crippen LogP contribution in [0.4, 0.5) is 0 Å². The summed E-state index contributed by atoms with van der Waals surface area (Å²) in [5.74, 6) is 2.65. The van der Waals surface area contributed by atoms with Crippen molar-refractivity contribution in [1.29, 1.82) is 0 Å². The lowest BCUT2D eigenvalue weighted by Crippen LogP contribution is -2.67. The highest BCUT2D eigenvalue weighted by Crippen LogP contribution is 2.78. The zero-order chi connectivity index (χ0) is 24.5. The molecule has 0 radical (unpaired) electrons. The van der Waals surface area contributed by atoms with Crippen molar-refractivity contribution in [2.75, 3.05) is 6.61 Å². The summed E-state index contributed by atoms with van der Waals surface area (Å²) in [6.07, 6.45) is 12.6. The second kappa shape index (κ2) is 6.73. The summed E-state index contributed by atoms with van der Waals surface area (Å²) in [7, 11) is 0. The summed E-state index contributed by atoms with van der Waals surface area (Å²) < 4.78 is 6.69. The van der Waals surface area contributed by atoms with E-state index in [2.05, 4.69) is 48.5 Å². The van der Waals surface area contributed by atoms with Crippen molar-refractivity contribution in [1.82, 2.24) is 0 Å². The Kier molecular flexibility index (Phi) is 4.66. The van der Waals surface area contributed by atoms with Gasteiger partial charge in [0.05, 0.1) is 19.0 Å². The lowest BCUT2D eigenvalue weighted by Gasteiger charge is -2.73. The fourth-order valence-corrected chi connectivity index (χ4v) is 11.9. The van der Waals surface area contributed by atoms with Gasteiger partial charge >= 0.3 is 0 Å². The fraction of sp³-hybridized carbons (Fsp3) is 0.903. The number of hydrogen-bond donors (Lipinski definition) is 1. The van der Waals surface area contributed by atoms with Gasteiger partial charge in [-0.3, -0.25) is 4.79 Å². The van der Waals surface area contributed by atoms with Crippen LogP contribution in [0.3, 0.4) is 0 Å². The third-order valence-electron chi connectivity index (χ3n) is 13.9. The molecule has 5 aliphatic carbocycles. The highest BCUT2D eigenvalue weighted by Gasteiger charge is 2.73. The SMILES string of the molecule is CC1(C)CCC23CC[C@]4(C)C(CCC5C6(C)C/C(=C/O)C(=O)C(C)(C)C6CCC54C)C2C1OC3. The second-order valence-electron chi connectivity index (χ2n) is 15.7. The molecule has 3 nitrogen and oxygen atoms in total. The van der Waals surface area contributed by atoms with Crippen LogP contribution in [-0.4, -0.2) is 23.6 Å². The lowest BCUT2D eigenvalue weighted by atomic mass is 9.31. The van der Waals surface area contributed by atoms with E-state index in [1.54, 1.807) is 0 Å². The van der Waals surface area contributed by atoms with Gasteiger partial charge in [-0.1, -0.05) is 48.5 Å². The summed E-state index contributed by atoms with van der Waals surface area (Å²) in [6, 6.07) is 0. The van der Waals surface area contributed by atoms with E-state index in [-0.39, 0.29) is 16.6 Å². The topological polar surface area (TPSA) is 46.5 Å². The molecule has 0 spiro atoms. The highest BCUT2D eigenvalue weighted by molar-refractivity contribution is 6.00. The number of allylic oxidation sites excluding steroid dienone is 1. The smallest absolute Gasteiger partial charge is 0.167 e. The monoisotopic (exact) mass is 468 g/mol. The molecule has 0 amide bonds. The second-order valence-corrected chi connectivity index (χ2v) is 15.7. The molecule has 2 bridgehead atoms. The van der Waals surface area contributed by atoms with E-state index in [9.17, 15) is 9.90 Å². The number of fused-ring (bicyclic) bond motifs is 5. The Morgan fingerprint density at radius 1 is 0.853 bits per heavy atom. The maximum Gasteiger partial charge on any atom is 0.167 e. The van der Waals surface area contributed by atoms with Gasteiger partial charge in [-0.15, -0.1) is 0 Å². The standard InChI is InChI=1S/C31H48O3/c1-26(2)12-14-31-15-13-29(6)20(23(31)25(26)34-18-31)8-9-22-28(5)16-19(17-32)24(33)27(3,4)21(28)10-11-30(22,29)7/h17,20-23,25,32H,8-16,18H2,1-7H3/b19-17-/t20?,21?,22?,23?,25?,28?,29-,30?,31?/m1/s1. The Labute approximate surface area is 207 Å². The van der Waals surface area contributed by atoms with Gasteiger partial charge in [0.2, 0.25) is 0 Å².